The van der Waals surface area contributed by atoms with Gasteiger partial charge in [0.05, 0.1) is 0 Å². The Hall–Kier alpha value is -2.44. The third-order valence-corrected chi connectivity index (χ3v) is 7.81. The van der Waals surface area contributed by atoms with Crippen molar-refractivity contribution >= 4 is 32.8 Å². The molecule has 3 aromatic rings. The van der Waals surface area contributed by atoms with Gasteiger partial charge in [-0.1, -0.05) is 6.07 Å². The number of sulfonamides is 1. The van der Waals surface area contributed by atoms with Gasteiger partial charge in [-0.25, -0.2) is 22.1 Å². The van der Waals surface area contributed by atoms with Gasteiger partial charge in [0, 0.05) is 37.1 Å². The Bertz CT molecular complexity index is 1280. The minimum Gasteiger partial charge on any atom is -0.297 e. The van der Waals surface area contributed by atoms with Crippen LogP contribution in [0.3, 0.4) is 0 Å². The number of thioether (sulfide) groups is 1. The third-order valence-electron chi connectivity index (χ3n) is 4.94. The van der Waals surface area contributed by atoms with Crippen LogP contribution in [0, 0.1) is 0 Å². The highest BCUT2D eigenvalue weighted by Crippen LogP contribution is 2.23. The Morgan fingerprint density at radius 2 is 2.14 bits per heavy atom. The van der Waals surface area contributed by atoms with Gasteiger partial charge < -0.3 is 0 Å². The fourth-order valence-electron chi connectivity index (χ4n) is 3.40. The molecule has 0 atom stereocenters. The van der Waals surface area contributed by atoms with Gasteiger partial charge in [-0.05, 0) is 41.0 Å². The SMILES string of the molecule is CN(CCCn1c2c(c(=O)[nH]c1=O)CSCC2)S(=O)(=O)c1cccc2nonc12. The summed E-state index contributed by atoms with van der Waals surface area (Å²) in [5.74, 6) is 1.43. The van der Waals surface area contributed by atoms with Crippen LogP contribution in [0.25, 0.3) is 11.0 Å². The molecule has 154 valence electrons. The van der Waals surface area contributed by atoms with Crippen LogP contribution >= 0.6 is 11.8 Å². The van der Waals surface area contributed by atoms with Crippen LogP contribution in [0.5, 0.6) is 0 Å². The molecule has 0 unspecified atom stereocenters. The molecule has 4 rings (SSSR count). The van der Waals surface area contributed by atoms with Crippen molar-refractivity contribution in [3.05, 3.63) is 50.3 Å². The number of rotatable bonds is 6. The first-order valence-electron chi connectivity index (χ1n) is 9.00. The molecule has 10 nitrogen and oxygen atoms in total. The Kier molecular flexibility index (Phi) is 5.32. The first-order valence-corrected chi connectivity index (χ1v) is 11.6. The fourth-order valence-corrected chi connectivity index (χ4v) is 5.73. The van der Waals surface area contributed by atoms with Crippen LogP contribution in [0.2, 0.25) is 0 Å². The predicted molar refractivity (Wildman–Crippen MR) is 107 cm³/mol. The molecule has 1 aliphatic rings. The zero-order chi connectivity index (χ0) is 20.6. The second kappa shape index (κ2) is 7.76. The smallest absolute Gasteiger partial charge is 0.297 e. The maximum absolute atomic E-state index is 12.9. The first kappa shape index (κ1) is 19.9. The van der Waals surface area contributed by atoms with E-state index in [-0.39, 0.29) is 22.5 Å². The van der Waals surface area contributed by atoms with Crippen molar-refractivity contribution < 1.29 is 13.0 Å². The molecule has 0 fully saturated rings. The van der Waals surface area contributed by atoms with Crippen LogP contribution in [0.1, 0.15) is 17.7 Å². The molecule has 1 N–H and O–H groups in total. The van der Waals surface area contributed by atoms with Crippen LogP contribution < -0.4 is 11.2 Å². The topological polar surface area (TPSA) is 131 Å². The summed E-state index contributed by atoms with van der Waals surface area (Å²) in [6.07, 6.45) is 1.06. The van der Waals surface area contributed by atoms with E-state index in [9.17, 15) is 18.0 Å². The number of hydrogen-bond acceptors (Lipinski definition) is 8. The lowest BCUT2D eigenvalue weighted by Gasteiger charge is -2.21. The van der Waals surface area contributed by atoms with E-state index >= 15 is 0 Å². The first-order chi connectivity index (χ1) is 13.9. The van der Waals surface area contributed by atoms with Crippen molar-refractivity contribution in [1.82, 2.24) is 24.2 Å². The lowest BCUT2D eigenvalue weighted by molar-refractivity contribution is 0.315. The molecule has 1 aliphatic heterocycles. The fraction of sp³-hybridized carbons (Fsp3) is 0.412. The summed E-state index contributed by atoms with van der Waals surface area (Å²) in [4.78, 5) is 26.7. The zero-order valence-electron chi connectivity index (χ0n) is 15.6. The summed E-state index contributed by atoms with van der Waals surface area (Å²) >= 11 is 1.66. The quantitative estimate of drug-likeness (QED) is 0.592. The van der Waals surface area contributed by atoms with Gasteiger partial charge in [-0.2, -0.15) is 11.8 Å². The minimum absolute atomic E-state index is 0.0226. The van der Waals surface area contributed by atoms with E-state index in [0.29, 0.717) is 36.2 Å². The molecule has 0 radical (unpaired) electrons. The van der Waals surface area contributed by atoms with Gasteiger partial charge in [0.2, 0.25) is 10.0 Å². The molecular weight excluding hydrogens is 418 g/mol. The molecule has 0 amide bonds. The average Bonchev–Trinajstić information content (AvgIpc) is 3.19. The van der Waals surface area contributed by atoms with Gasteiger partial charge in [-0.15, -0.1) is 0 Å². The minimum atomic E-state index is -3.80. The summed E-state index contributed by atoms with van der Waals surface area (Å²) in [5.41, 5.74) is 1.15. The summed E-state index contributed by atoms with van der Waals surface area (Å²) < 4.78 is 33.3. The highest BCUT2D eigenvalue weighted by Gasteiger charge is 2.25. The van der Waals surface area contributed by atoms with E-state index in [4.69, 9.17) is 0 Å². The van der Waals surface area contributed by atoms with Crippen molar-refractivity contribution in [1.29, 1.82) is 0 Å². The summed E-state index contributed by atoms with van der Waals surface area (Å²) in [6, 6.07) is 4.66. The average molecular weight is 438 g/mol. The standard InChI is InChI=1S/C17H19N5O5S2/c1-21(29(25,26)14-5-2-4-12-15(14)20-27-19-12)7-3-8-22-13-6-9-28-10-11(13)16(23)18-17(22)24/h2,4-5H,3,6-10H2,1H3,(H,18,23,24). The van der Waals surface area contributed by atoms with E-state index in [2.05, 4.69) is 19.9 Å². The second-order valence-electron chi connectivity index (χ2n) is 6.71. The Labute approximate surface area is 169 Å². The number of benzene rings is 1. The molecule has 29 heavy (non-hydrogen) atoms. The van der Waals surface area contributed by atoms with Gasteiger partial charge in [-0.3, -0.25) is 14.3 Å². The predicted octanol–water partition coefficient (Wildman–Crippen LogP) is 0.573. The van der Waals surface area contributed by atoms with Crippen LogP contribution in [-0.4, -0.2) is 51.9 Å². The van der Waals surface area contributed by atoms with Crippen molar-refractivity contribution in [2.75, 3.05) is 19.3 Å². The molecule has 0 saturated heterocycles. The lowest BCUT2D eigenvalue weighted by Crippen LogP contribution is -2.37. The normalized spacial score (nSPS) is 14.4. The Morgan fingerprint density at radius 3 is 2.97 bits per heavy atom. The molecule has 2 aromatic heterocycles. The molecular formula is C17H19N5O5S2. The van der Waals surface area contributed by atoms with Gasteiger partial charge in [0.1, 0.15) is 10.4 Å². The number of aromatic amines is 1. The number of aromatic nitrogens is 4. The highest BCUT2D eigenvalue weighted by atomic mass is 32.2. The van der Waals surface area contributed by atoms with E-state index in [1.807, 2.05) is 0 Å². The van der Waals surface area contributed by atoms with Crippen molar-refractivity contribution in [2.24, 2.45) is 0 Å². The van der Waals surface area contributed by atoms with E-state index in [1.165, 1.54) is 17.4 Å². The maximum Gasteiger partial charge on any atom is 0.328 e. The molecule has 0 spiro atoms. The van der Waals surface area contributed by atoms with Crippen LogP contribution in [0.4, 0.5) is 0 Å². The number of nitrogens with one attached hydrogen (secondary N) is 1. The van der Waals surface area contributed by atoms with Gasteiger partial charge in [0.25, 0.3) is 5.56 Å². The Balaban J connectivity index is 1.52. The summed E-state index contributed by atoms with van der Waals surface area (Å²) in [7, 11) is -2.33. The van der Waals surface area contributed by atoms with E-state index < -0.39 is 15.7 Å². The number of hydrogen-bond donors (Lipinski definition) is 1. The van der Waals surface area contributed by atoms with Gasteiger partial charge in [0.15, 0.2) is 5.52 Å². The van der Waals surface area contributed by atoms with Gasteiger partial charge >= 0.3 is 5.69 Å². The number of H-pyrrole nitrogens is 1. The highest BCUT2D eigenvalue weighted by molar-refractivity contribution is 7.98. The molecule has 12 heteroatoms. The summed E-state index contributed by atoms with van der Waals surface area (Å²) in [5, 5.41) is 7.36. The Morgan fingerprint density at radius 1 is 1.31 bits per heavy atom. The van der Waals surface area contributed by atoms with E-state index in [0.717, 1.165) is 11.4 Å². The molecule has 3 heterocycles. The number of nitrogens with zero attached hydrogens (tertiary/aromatic N) is 4. The van der Waals surface area contributed by atoms with Crippen LogP contribution in [-0.2, 0) is 28.7 Å². The lowest BCUT2D eigenvalue weighted by atomic mass is 10.2. The molecule has 0 bridgehead atoms. The largest absolute Gasteiger partial charge is 0.328 e. The van der Waals surface area contributed by atoms with Crippen LogP contribution in [0.15, 0.2) is 37.3 Å². The van der Waals surface area contributed by atoms with Crippen molar-refractivity contribution in [2.45, 2.75) is 30.0 Å². The third kappa shape index (κ3) is 3.63. The zero-order valence-corrected chi connectivity index (χ0v) is 17.3. The summed E-state index contributed by atoms with van der Waals surface area (Å²) in [6.45, 7) is 0.511. The van der Waals surface area contributed by atoms with E-state index in [1.54, 1.807) is 28.5 Å². The maximum atomic E-state index is 12.9. The number of fused-ring (bicyclic) bond motifs is 2. The van der Waals surface area contributed by atoms with Crippen molar-refractivity contribution in [3.8, 4) is 0 Å². The van der Waals surface area contributed by atoms with Crippen molar-refractivity contribution in [3.63, 3.8) is 0 Å². The molecule has 1 aromatic carbocycles. The monoisotopic (exact) mass is 437 g/mol. The molecule has 0 aliphatic carbocycles. The molecule has 0 saturated carbocycles. The second-order valence-corrected chi connectivity index (χ2v) is 9.83.